The van der Waals surface area contributed by atoms with Crippen LogP contribution in [0.5, 0.6) is 0 Å². The third-order valence-electron chi connectivity index (χ3n) is 8.83. The molecule has 1 aliphatic heterocycles. The first kappa shape index (κ1) is 50.9. The summed E-state index contributed by atoms with van der Waals surface area (Å²) in [6, 6.07) is 0. The molecule has 2 aromatic rings. The highest BCUT2D eigenvalue weighted by molar-refractivity contribution is 8.13. The number of carbonyl (C=O) groups excluding carboxylic acids is 3. The minimum atomic E-state index is -5.57. The maximum absolute atomic E-state index is 12.7. The lowest BCUT2D eigenvalue weighted by molar-refractivity contribution is -0.137. The maximum atomic E-state index is 12.7. The molecule has 0 bridgehead atoms. The Morgan fingerprint density at radius 3 is 2.41 bits per heavy atom. The molecule has 10 N–H and O–H groups in total. The van der Waals surface area contributed by atoms with Gasteiger partial charge in [-0.15, -0.1) is 0 Å². The summed E-state index contributed by atoms with van der Waals surface area (Å²) in [5.74, 6) is -0.748. The van der Waals surface area contributed by atoms with Crippen molar-refractivity contribution in [1.29, 1.82) is 0 Å². The topological polar surface area (TPSA) is 364 Å². The number of thioether (sulfide) groups is 1. The predicted octanol–water partition coefficient (Wildman–Crippen LogP) is 1.66. The van der Waals surface area contributed by atoms with Gasteiger partial charge < -0.3 is 50.9 Å². The van der Waals surface area contributed by atoms with Crippen molar-refractivity contribution >= 4 is 69.1 Å². The van der Waals surface area contributed by atoms with E-state index in [2.05, 4.69) is 41.3 Å². The molecule has 8 atom stereocenters. The van der Waals surface area contributed by atoms with Crippen LogP contribution in [0.4, 0.5) is 5.82 Å². The largest absolute Gasteiger partial charge is 0.481 e. The molecule has 0 aliphatic carbocycles. The third-order valence-corrected chi connectivity index (χ3v) is 12.8. The van der Waals surface area contributed by atoms with Crippen molar-refractivity contribution in [3.05, 3.63) is 12.7 Å². The van der Waals surface area contributed by atoms with Crippen LogP contribution in [-0.4, -0.2) is 123 Å². The highest BCUT2D eigenvalue weighted by atomic mass is 32.2. The standard InChI is InChI=1S/C31H54N7O17P3S/c1-5-6-7-8-9-19(2)14-22(40)59-13-12-33-21(39)10-11-34-29(43)26(42)31(3,4)16-52-58(49,50)55-57(47,48)51-15-20-25(54-56(44,45)46)24(41)30(53-20)38-18-37-23-27(32)35-17-36-28(23)38/h17-20,24-26,30,41-42H,5-16H2,1-4H3,(H,33,39)(H,34,43)(H,47,48)(H,49,50)(H2,32,35,36)(H2,44,45,46)/t19?,20-,24-,25-,26+,30-/m1/s1. The van der Waals surface area contributed by atoms with E-state index in [1.807, 2.05) is 6.92 Å². The van der Waals surface area contributed by atoms with E-state index in [1.54, 1.807) is 0 Å². The van der Waals surface area contributed by atoms with Crippen molar-refractivity contribution < 1.29 is 80.5 Å². The molecule has 2 aromatic heterocycles. The van der Waals surface area contributed by atoms with E-state index in [0.29, 0.717) is 18.1 Å². The molecule has 0 saturated carbocycles. The number of aliphatic hydroxyl groups excluding tert-OH is 2. The maximum Gasteiger partial charge on any atom is 0.481 e. The number of imidazole rings is 1. The summed E-state index contributed by atoms with van der Waals surface area (Å²) in [6.07, 6.45) is -0.853. The van der Waals surface area contributed by atoms with Crippen molar-refractivity contribution in [2.75, 3.05) is 37.8 Å². The number of ether oxygens (including phenoxy) is 1. The number of amides is 2. The molecule has 0 spiro atoms. The number of carbonyl (C=O) groups is 3. The monoisotopic (exact) mass is 921 g/mol. The van der Waals surface area contributed by atoms with Gasteiger partial charge in [-0.1, -0.05) is 71.6 Å². The lowest BCUT2D eigenvalue weighted by Crippen LogP contribution is -2.46. The van der Waals surface area contributed by atoms with Crippen LogP contribution in [0.25, 0.3) is 11.2 Å². The molecule has 59 heavy (non-hydrogen) atoms. The van der Waals surface area contributed by atoms with Gasteiger partial charge in [-0.25, -0.2) is 28.6 Å². The van der Waals surface area contributed by atoms with Crippen LogP contribution in [0.2, 0.25) is 0 Å². The lowest BCUT2D eigenvalue weighted by atomic mass is 9.87. The zero-order valence-corrected chi connectivity index (χ0v) is 36.4. The van der Waals surface area contributed by atoms with Gasteiger partial charge in [0.25, 0.3) is 0 Å². The average molecular weight is 922 g/mol. The Labute approximate surface area is 344 Å². The van der Waals surface area contributed by atoms with Crippen LogP contribution >= 0.6 is 35.2 Å². The molecule has 3 unspecified atom stereocenters. The van der Waals surface area contributed by atoms with E-state index in [-0.39, 0.29) is 41.6 Å². The fourth-order valence-corrected chi connectivity index (χ4v) is 9.32. The van der Waals surface area contributed by atoms with E-state index in [9.17, 15) is 57.9 Å². The normalized spacial score (nSPS) is 21.7. The van der Waals surface area contributed by atoms with Gasteiger partial charge in [-0.2, -0.15) is 4.31 Å². The van der Waals surface area contributed by atoms with Gasteiger partial charge in [0.1, 0.15) is 36.3 Å². The Morgan fingerprint density at radius 1 is 1.03 bits per heavy atom. The number of nitrogen functional groups attached to an aromatic ring is 1. The Bertz CT molecular complexity index is 1870. The van der Waals surface area contributed by atoms with Crippen molar-refractivity contribution in [1.82, 2.24) is 30.2 Å². The molecule has 24 nitrogen and oxygen atoms in total. The Hall–Kier alpha value is -2.44. The van der Waals surface area contributed by atoms with Crippen molar-refractivity contribution in [3.63, 3.8) is 0 Å². The van der Waals surface area contributed by atoms with E-state index < -0.39 is 84.6 Å². The van der Waals surface area contributed by atoms with Gasteiger partial charge in [0, 0.05) is 37.1 Å². The van der Waals surface area contributed by atoms with Crippen LogP contribution < -0.4 is 16.4 Å². The number of rotatable bonds is 26. The van der Waals surface area contributed by atoms with Crippen molar-refractivity contribution in [3.8, 4) is 0 Å². The third kappa shape index (κ3) is 16.7. The second-order valence-electron chi connectivity index (χ2n) is 14.4. The number of anilines is 1. The Morgan fingerprint density at radius 2 is 1.73 bits per heavy atom. The molecule has 1 aliphatic rings. The molecule has 2 amide bonds. The van der Waals surface area contributed by atoms with Crippen LogP contribution in [0.3, 0.4) is 0 Å². The van der Waals surface area contributed by atoms with Crippen LogP contribution in [-0.2, 0) is 50.7 Å². The molecule has 3 heterocycles. The van der Waals surface area contributed by atoms with Gasteiger partial charge in [0.2, 0.25) is 11.8 Å². The molecule has 3 rings (SSSR count). The molecule has 28 heteroatoms. The summed E-state index contributed by atoms with van der Waals surface area (Å²) in [5.41, 5.74) is 4.28. The van der Waals surface area contributed by atoms with Gasteiger partial charge in [-0.05, 0) is 5.92 Å². The van der Waals surface area contributed by atoms with Gasteiger partial charge in [0.05, 0.1) is 19.5 Å². The first-order chi connectivity index (χ1) is 27.4. The van der Waals surface area contributed by atoms with Crippen LogP contribution in [0.15, 0.2) is 12.7 Å². The second-order valence-corrected chi connectivity index (χ2v) is 19.8. The first-order valence-corrected chi connectivity index (χ1v) is 24.0. The summed E-state index contributed by atoms with van der Waals surface area (Å²) in [4.78, 5) is 88.0. The highest BCUT2D eigenvalue weighted by Gasteiger charge is 2.50. The average Bonchev–Trinajstić information content (AvgIpc) is 3.70. The lowest BCUT2D eigenvalue weighted by Gasteiger charge is -2.30. The van der Waals surface area contributed by atoms with Gasteiger partial charge in [0.15, 0.2) is 22.8 Å². The minimum Gasteiger partial charge on any atom is -0.386 e. The molecule has 0 radical (unpaired) electrons. The second kappa shape index (κ2) is 22.6. The Balaban J connectivity index is 1.43. The molecule has 336 valence electrons. The fourth-order valence-electron chi connectivity index (χ4n) is 5.66. The molecule has 1 fully saturated rings. The summed E-state index contributed by atoms with van der Waals surface area (Å²) in [7, 11) is -16.4. The summed E-state index contributed by atoms with van der Waals surface area (Å²) < 4.78 is 62.2. The van der Waals surface area contributed by atoms with Gasteiger partial charge >= 0.3 is 23.5 Å². The number of fused-ring (bicyclic) bond motifs is 1. The number of nitrogens with zero attached hydrogens (tertiary/aromatic N) is 4. The Kier molecular flexibility index (Phi) is 19.5. The number of nitrogens with two attached hydrogens (primary N) is 1. The number of phosphoric ester groups is 3. The number of hydrogen-bond acceptors (Lipinski definition) is 18. The number of phosphoric acid groups is 3. The number of aromatic nitrogens is 4. The van der Waals surface area contributed by atoms with Crippen LogP contribution in [0.1, 0.15) is 78.9 Å². The SMILES string of the molecule is CCCCCCC(C)CC(=O)SCCNC(=O)CCNC(=O)[C@H](O)C(C)(C)COP(=O)(O)OP(=O)(O)OC[C@H]1O[C@@H](n2cnc3c(N)ncnc32)[C@H](O)[C@@H]1OP(=O)(O)O. The first-order valence-electron chi connectivity index (χ1n) is 18.5. The highest BCUT2D eigenvalue weighted by Crippen LogP contribution is 2.61. The van der Waals surface area contributed by atoms with E-state index in [1.165, 1.54) is 20.3 Å². The molecule has 0 aromatic carbocycles. The smallest absolute Gasteiger partial charge is 0.386 e. The number of unbranched alkanes of at least 4 members (excludes halogenated alkanes) is 3. The summed E-state index contributed by atoms with van der Waals surface area (Å²) >= 11 is 1.14. The minimum absolute atomic E-state index is 0.0325. The molecular weight excluding hydrogens is 867 g/mol. The molecular formula is C31H54N7O17P3S. The quantitative estimate of drug-likeness (QED) is 0.0478. The number of aliphatic hydroxyl groups is 2. The zero-order valence-electron chi connectivity index (χ0n) is 32.9. The van der Waals surface area contributed by atoms with E-state index in [0.717, 1.165) is 54.7 Å². The molecule has 1 saturated heterocycles. The van der Waals surface area contributed by atoms with E-state index >= 15 is 0 Å². The van der Waals surface area contributed by atoms with Crippen molar-refractivity contribution in [2.24, 2.45) is 11.3 Å². The van der Waals surface area contributed by atoms with Crippen LogP contribution in [0, 0.1) is 11.3 Å². The van der Waals surface area contributed by atoms with Crippen molar-refractivity contribution in [2.45, 2.75) is 103 Å². The summed E-state index contributed by atoms with van der Waals surface area (Å²) in [6.45, 7) is 4.74. The van der Waals surface area contributed by atoms with E-state index in [4.69, 9.17) is 19.5 Å². The fraction of sp³-hybridized carbons (Fsp3) is 0.742. The number of nitrogens with one attached hydrogen (secondary N) is 2. The zero-order chi connectivity index (χ0) is 44.2. The summed E-state index contributed by atoms with van der Waals surface area (Å²) in [5, 5.41) is 26.5. The predicted molar refractivity (Wildman–Crippen MR) is 210 cm³/mol. The van der Waals surface area contributed by atoms with Gasteiger partial charge in [-0.3, -0.25) is 32.5 Å². The number of hydrogen-bond donors (Lipinski definition) is 9.